The van der Waals surface area contributed by atoms with Crippen LogP contribution in [0.3, 0.4) is 0 Å². The Morgan fingerprint density at radius 3 is 2.44 bits per heavy atom. The van der Waals surface area contributed by atoms with E-state index in [-0.39, 0.29) is 0 Å². The zero-order valence-electron chi connectivity index (χ0n) is 6.65. The molecule has 0 aromatic heterocycles. The first kappa shape index (κ1) is 6.85. The maximum atomic E-state index is 2.41. The van der Waals surface area contributed by atoms with E-state index in [9.17, 15) is 0 Å². The molecule has 52 valence electrons. The van der Waals surface area contributed by atoms with Gasteiger partial charge in [0.25, 0.3) is 0 Å². The van der Waals surface area contributed by atoms with Gasteiger partial charge in [-0.25, -0.2) is 0 Å². The van der Waals surface area contributed by atoms with Gasteiger partial charge in [0.05, 0.1) is 0 Å². The summed E-state index contributed by atoms with van der Waals surface area (Å²) in [6.07, 6.45) is 5.19. The van der Waals surface area contributed by atoms with Gasteiger partial charge in [0, 0.05) is 0 Å². The molecule has 0 bridgehead atoms. The fourth-order valence-electron chi connectivity index (χ4n) is 1.44. The highest BCUT2D eigenvalue weighted by Crippen LogP contribution is 2.26. The van der Waals surface area contributed by atoms with Crippen molar-refractivity contribution in [3.05, 3.63) is 11.6 Å². The SMILES string of the molecule is CC1=C[C@@H](C)CC[C@H]1C. The molecule has 0 nitrogen and oxygen atoms in total. The summed E-state index contributed by atoms with van der Waals surface area (Å²) in [6.45, 7) is 6.87. The first-order valence-corrected chi connectivity index (χ1v) is 3.88. The molecule has 9 heavy (non-hydrogen) atoms. The lowest BCUT2D eigenvalue weighted by atomic mass is 9.85. The molecule has 0 amide bonds. The predicted octanol–water partition coefficient (Wildman–Crippen LogP) is 3.00. The Morgan fingerprint density at radius 1 is 1.33 bits per heavy atom. The molecule has 0 heteroatoms. The normalized spacial score (nSPS) is 36.1. The molecular weight excluding hydrogens is 108 g/mol. The van der Waals surface area contributed by atoms with Crippen molar-refractivity contribution in [2.45, 2.75) is 33.6 Å². The molecule has 0 saturated carbocycles. The monoisotopic (exact) mass is 124 g/mol. The summed E-state index contributed by atoms with van der Waals surface area (Å²) in [4.78, 5) is 0. The minimum Gasteiger partial charge on any atom is -0.0825 e. The molecular formula is C9H16. The van der Waals surface area contributed by atoms with Crippen molar-refractivity contribution in [2.24, 2.45) is 11.8 Å². The van der Waals surface area contributed by atoms with E-state index in [1.165, 1.54) is 12.8 Å². The first-order valence-electron chi connectivity index (χ1n) is 3.88. The molecule has 0 radical (unpaired) electrons. The summed E-state index contributed by atoms with van der Waals surface area (Å²) in [6, 6.07) is 0. The summed E-state index contributed by atoms with van der Waals surface area (Å²) in [5.41, 5.74) is 1.59. The Labute approximate surface area is 58.0 Å². The van der Waals surface area contributed by atoms with E-state index in [0.29, 0.717) is 0 Å². The number of allylic oxidation sites excluding steroid dienone is 2. The highest BCUT2D eigenvalue weighted by molar-refractivity contribution is 5.07. The van der Waals surface area contributed by atoms with Crippen LogP contribution in [0, 0.1) is 11.8 Å². The van der Waals surface area contributed by atoms with Crippen molar-refractivity contribution in [2.75, 3.05) is 0 Å². The van der Waals surface area contributed by atoms with Crippen molar-refractivity contribution >= 4 is 0 Å². The van der Waals surface area contributed by atoms with Crippen molar-refractivity contribution in [3.8, 4) is 0 Å². The largest absolute Gasteiger partial charge is 0.0825 e. The van der Waals surface area contributed by atoms with E-state index in [2.05, 4.69) is 26.8 Å². The van der Waals surface area contributed by atoms with Crippen LogP contribution in [0.5, 0.6) is 0 Å². The lowest BCUT2D eigenvalue weighted by molar-refractivity contribution is 0.479. The Kier molecular flexibility index (Phi) is 1.94. The maximum Gasteiger partial charge on any atom is -0.0234 e. The third-order valence-electron chi connectivity index (χ3n) is 2.38. The fourth-order valence-corrected chi connectivity index (χ4v) is 1.44. The second kappa shape index (κ2) is 2.55. The lowest BCUT2D eigenvalue weighted by Crippen LogP contribution is -2.07. The van der Waals surface area contributed by atoms with E-state index in [1.54, 1.807) is 5.57 Å². The van der Waals surface area contributed by atoms with Crippen molar-refractivity contribution in [1.82, 2.24) is 0 Å². The minimum absolute atomic E-state index is 0.834. The van der Waals surface area contributed by atoms with Gasteiger partial charge in [-0.05, 0) is 31.6 Å². The number of rotatable bonds is 0. The van der Waals surface area contributed by atoms with Crippen LogP contribution in [0.2, 0.25) is 0 Å². The van der Waals surface area contributed by atoms with Crippen LogP contribution in [-0.2, 0) is 0 Å². The van der Waals surface area contributed by atoms with Crippen LogP contribution in [0.15, 0.2) is 11.6 Å². The minimum atomic E-state index is 0.834. The van der Waals surface area contributed by atoms with Crippen molar-refractivity contribution < 1.29 is 0 Å². The molecule has 0 N–H and O–H groups in total. The van der Waals surface area contributed by atoms with Gasteiger partial charge >= 0.3 is 0 Å². The van der Waals surface area contributed by atoms with E-state index in [0.717, 1.165) is 11.8 Å². The molecule has 0 fully saturated rings. The van der Waals surface area contributed by atoms with Crippen LogP contribution in [-0.4, -0.2) is 0 Å². The molecule has 0 aliphatic heterocycles. The molecule has 0 aromatic carbocycles. The van der Waals surface area contributed by atoms with Crippen molar-refractivity contribution in [3.63, 3.8) is 0 Å². The van der Waals surface area contributed by atoms with E-state index < -0.39 is 0 Å². The maximum absolute atomic E-state index is 2.41. The van der Waals surface area contributed by atoms with Crippen LogP contribution >= 0.6 is 0 Å². The summed E-state index contributed by atoms with van der Waals surface area (Å²) in [7, 11) is 0. The standard InChI is InChI=1S/C9H16/c1-7-4-5-8(2)9(3)6-7/h6-8H,4-5H2,1-3H3/t7-,8+/m0/s1. The zero-order valence-corrected chi connectivity index (χ0v) is 6.65. The molecule has 0 spiro atoms. The number of hydrogen-bond donors (Lipinski definition) is 0. The molecule has 1 rings (SSSR count). The van der Waals surface area contributed by atoms with Gasteiger partial charge in [-0.1, -0.05) is 25.5 Å². The Hall–Kier alpha value is -0.260. The first-order chi connectivity index (χ1) is 4.20. The second-order valence-corrected chi connectivity index (χ2v) is 3.37. The topological polar surface area (TPSA) is 0 Å². The molecule has 1 aliphatic rings. The van der Waals surface area contributed by atoms with Gasteiger partial charge in [0.1, 0.15) is 0 Å². The third-order valence-corrected chi connectivity index (χ3v) is 2.38. The van der Waals surface area contributed by atoms with E-state index in [4.69, 9.17) is 0 Å². The van der Waals surface area contributed by atoms with Crippen LogP contribution in [0.4, 0.5) is 0 Å². The average molecular weight is 124 g/mol. The van der Waals surface area contributed by atoms with Crippen LogP contribution in [0.25, 0.3) is 0 Å². The van der Waals surface area contributed by atoms with Crippen molar-refractivity contribution in [1.29, 1.82) is 0 Å². The van der Waals surface area contributed by atoms with Gasteiger partial charge in [-0.2, -0.15) is 0 Å². The van der Waals surface area contributed by atoms with Gasteiger partial charge in [-0.3, -0.25) is 0 Å². The van der Waals surface area contributed by atoms with Crippen LogP contribution in [0.1, 0.15) is 33.6 Å². The summed E-state index contributed by atoms with van der Waals surface area (Å²) in [5.74, 6) is 1.68. The van der Waals surface area contributed by atoms with Gasteiger partial charge in [-0.15, -0.1) is 0 Å². The average Bonchev–Trinajstić information content (AvgIpc) is 1.80. The highest BCUT2D eigenvalue weighted by atomic mass is 14.2. The number of hydrogen-bond acceptors (Lipinski definition) is 0. The Balaban J connectivity index is 2.61. The second-order valence-electron chi connectivity index (χ2n) is 3.37. The van der Waals surface area contributed by atoms with E-state index in [1.807, 2.05) is 0 Å². The zero-order chi connectivity index (χ0) is 6.85. The molecule has 0 heterocycles. The van der Waals surface area contributed by atoms with Gasteiger partial charge in [0.15, 0.2) is 0 Å². The highest BCUT2D eigenvalue weighted by Gasteiger charge is 2.12. The quantitative estimate of drug-likeness (QED) is 0.435. The predicted molar refractivity (Wildman–Crippen MR) is 41.3 cm³/mol. The summed E-state index contributed by atoms with van der Waals surface area (Å²) >= 11 is 0. The molecule has 1 aliphatic carbocycles. The van der Waals surface area contributed by atoms with E-state index >= 15 is 0 Å². The van der Waals surface area contributed by atoms with Gasteiger partial charge < -0.3 is 0 Å². The molecule has 0 aromatic rings. The summed E-state index contributed by atoms with van der Waals surface area (Å²) in [5, 5.41) is 0. The third kappa shape index (κ3) is 1.57. The fraction of sp³-hybridized carbons (Fsp3) is 0.778. The smallest absolute Gasteiger partial charge is 0.0234 e. The van der Waals surface area contributed by atoms with Crippen LogP contribution < -0.4 is 0 Å². The molecule has 2 atom stereocenters. The Bertz CT molecular complexity index is 122. The van der Waals surface area contributed by atoms with Gasteiger partial charge in [0.2, 0.25) is 0 Å². The Morgan fingerprint density at radius 2 is 2.00 bits per heavy atom. The molecule has 0 saturated heterocycles. The summed E-state index contributed by atoms with van der Waals surface area (Å²) < 4.78 is 0. The lowest BCUT2D eigenvalue weighted by Gasteiger charge is -2.21. The molecule has 0 unspecified atom stereocenters.